The average Bonchev–Trinajstić information content (AvgIpc) is 2.89. The van der Waals surface area contributed by atoms with Crippen molar-refractivity contribution in [3.05, 3.63) is 20.8 Å². The molecule has 1 heterocycles. The topological polar surface area (TPSA) is 12.0 Å². The monoisotopic (exact) mass is 321 g/mol. The van der Waals surface area contributed by atoms with E-state index in [2.05, 4.69) is 32.7 Å². The molecule has 1 aliphatic rings. The average molecular weight is 323 g/mol. The highest BCUT2D eigenvalue weighted by Crippen LogP contribution is 2.38. The number of thiophene rings is 1. The van der Waals surface area contributed by atoms with E-state index in [4.69, 9.17) is 11.6 Å². The number of rotatable bonds is 5. The van der Waals surface area contributed by atoms with E-state index >= 15 is 0 Å². The Hall–Kier alpha value is 0.430. The van der Waals surface area contributed by atoms with Gasteiger partial charge in [-0.05, 0) is 40.3 Å². The summed E-state index contributed by atoms with van der Waals surface area (Å²) in [6, 6.07) is 2.18. The van der Waals surface area contributed by atoms with Gasteiger partial charge in [-0.25, -0.2) is 0 Å². The van der Waals surface area contributed by atoms with Crippen molar-refractivity contribution in [3.8, 4) is 0 Å². The first-order valence-corrected chi connectivity index (χ1v) is 7.94. The molecule has 0 saturated heterocycles. The van der Waals surface area contributed by atoms with Crippen LogP contribution < -0.4 is 5.32 Å². The van der Waals surface area contributed by atoms with Gasteiger partial charge >= 0.3 is 0 Å². The Balaban J connectivity index is 1.78. The second kappa shape index (κ2) is 5.85. The molecule has 2 rings (SSSR count). The number of hydrogen-bond donors (Lipinski definition) is 1. The van der Waals surface area contributed by atoms with Crippen molar-refractivity contribution < 1.29 is 0 Å². The first kappa shape index (κ1) is 12.9. The van der Waals surface area contributed by atoms with Gasteiger partial charge in [0, 0.05) is 33.7 Å². The normalized spacial score (nSPS) is 19.1. The van der Waals surface area contributed by atoms with Gasteiger partial charge in [0.25, 0.3) is 0 Å². The van der Waals surface area contributed by atoms with Crippen molar-refractivity contribution in [2.45, 2.75) is 32.2 Å². The second-order valence-corrected chi connectivity index (χ2v) is 6.85. The highest BCUT2D eigenvalue weighted by atomic mass is 79.9. The zero-order valence-corrected chi connectivity index (χ0v) is 12.4. The lowest BCUT2D eigenvalue weighted by molar-refractivity contribution is 0.321. The van der Waals surface area contributed by atoms with Crippen LogP contribution in [0.3, 0.4) is 0 Å². The summed E-state index contributed by atoms with van der Waals surface area (Å²) in [7, 11) is 0. The third kappa shape index (κ3) is 3.22. The molecule has 1 saturated carbocycles. The summed E-state index contributed by atoms with van der Waals surface area (Å²) >= 11 is 11.4. The van der Waals surface area contributed by atoms with Gasteiger partial charge in [-0.15, -0.1) is 22.9 Å². The lowest BCUT2D eigenvalue weighted by Crippen LogP contribution is -2.33. The van der Waals surface area contributed by atoms with Crippen molar-refractivity contribution in [2.75, 3.05) is 12.4 Å². The molecule has 0 radical (unpaired) electrons. The van der Waals surface area contributed by atoms with Crippen LogP contribution in [0.1, 0.15) is 30.6 Å². The summed E-state index contributed by atoms with van der Waals surface area (Å²) < 4.78 is 1.18. The Labute approximate surface area is 115 Å². The van der Waals surface area contributed by atoms with Crippen LogP contribution in [0.15, 0.2) is 15.9 Å². The van der Waals surface area contributed by atoms with Gasteiger partial charge in [0.1, 0.15) is 0 Å². The van der Waals surface area contributed by atoms with E-state index in [0.29, 0.717) is 5.41 Å². The Kier molecular flexibility index (Phi) is 4.71. The minimum atomic E-state index is 0.371. The summed E-state index contributed by atoms with van der Waals surface area (Å²) in [6.45, 7) is 2.03. The molecule has 16 heavy (non-hydrogen) atoms. The summed E-state index contributed by atoms with van der Waals surface area (Å²) in [5, 5.41) is 5.68. The molecule has 1 fully saturated rings. The minimum Gasteiger partial charge on any atom is -0.311 e. The highest BCUT2D eigenvalue weighted by Gasteiger charge is 2.32. The van der Waals surface area contributed by atoms with Crippen molar-refractivity contribution in [3.63, 3.8) is 0 Å². The number of hydrogen-bond acceptors (Lipinski definition) is 2. The molecule has 1 aromatic heterocycles. The molecule has 1 aliphatic carbocycles. The molecule has 0 aromatic carbocycles. The third-order valence-corrected chi connectivity index (χ3v) is 5.63. The molecular weight excluding hydrogens is 306 g/mol. The summed E-state index contributed by atoms with van der Waals surface area (Å²) in [5.74, 6) is 0.800. The van der Waals surface area contributed by atoms with E-state index in [1.54, 1.807) is 11.3 Å². The van der Waals surface area contributed by atoms with Crippen LogP contribution in [0.25, 0.3) is 0 Å². The first-order chi connectivity index (χ1) is 7.74. The molecule has 0 atom stereocenters. The van der Waals surface area contributed by atoms with Gasteiger partial charge in [0.2, 0.25) is 0 Å². The Bertz CT molecular complexity index is 334. The van der Waals surface area contributed by atoms with E-state index in [1.807, 2.05) is 0 Å². The van der Waals surface area contributed by atoms with Crippen LogP contribution in [0, 0.1) is 5.41 Å². The van der Waals surface area contributed by atoms with Gasteiger partial charge < -0.3 is 5.32 Å². The molecule has 0 unspecified atom stereocenters. The fourth-order valence-electron chi connectivity index (χ4n) is 2.38. The van der Waals surface area contributed by atoms with Crippen LogP contribution in [0.4, 0.5) is 0 Å². The standard InChI is InChI=1S/C12H17BrClNS/c13-10-5-11(16-7-10)6-15-9-12(8-14)3-1-2-4-12/h5,7,15H,1-4,6,8-9H2. The Morgan fingerprint density at radius 2 is 2.19 bits per heavy atom. The smallest absolute Gasteiger partial charge is 0.0300 e. The fraction of sp³-hybridized carbons (Fsp3) is 0.667. The number of nitrogens with one attached hydrogen (secondary N) is 1. The molecule has 0 bridgehead atoms. The van der Waals surface area contributed by atoms with Gasteiger partial charge in [-0.2, -0.15) is 0 Å². The molecule has 0 aliphatic heterocycles. The predicted octanol–water partition coefficient (Wildman–Crippen LogP) is 4.40. The molecule has 90 valence electrons. The largest absolute Gasteiger partial charge is 0.311 e. The van der Waals surface area contributed by atoms with Crippen molar-refractivity contribution >= 4 is 38.9 Å². The van der Waals surface area contributed by atoms with Crippen LogP contribution in [0.5, 0.6) is 0 Å². The molecule has 1 aromatic rings. The van der Waals surface area contributed by atoms with Gasteiger partial charge in [0.05, 0.1) is 0 Å². The Morgan fingerprint density at radius 3 is 2.75 bits per heavy atom. The van der Waals surface area contributed by atoms with E-state index in [0.717, 1.165) is 19.0 Å². The third-order valence-electron chi connectivity index (χ3n) is 3.37. The van der Waals surface area contributed by atoms with Crippen molar-refractivity contribution in [2.24, 2.45) is 5.41 Å². The maximum Gasteiger partial charge on any atom is 0.0300 e. The SMILES string of the molecule is ClCC1(CNCc2cc(Br)cs2)CCCC1. The molecular formula is C12H17BrClNS. The maximum absolute atomic E-state index is 6.11. The molecule has 0 amide bonds. The summed E-state index contributed by atoms with van der Waals surface area (Å²) in [6.07, 6.45) is 5.27. The van der Waals surface area contributed by atoms with Crippen LogP contribution in [-0.4, -0.2) is 12.4 Å². The zero-order valence-electron chi connectivity index (χ0n) is 9.27. The fourth-order valence-corrected chi connectivity index (χ4v) is 4.16. The maximum atomic E-state index is 6.11. The lowest BCUT2D eigenvalue weighted by Gasteiger charge is -2.26. The lowest BCUT2D eigenvalue weighted by atomic mass is 9.88. The molecule has 1 N–H and O–H groups in total. The highest BCUT2D eigenvalue weighted by molar-refractivity contribution is 9.10. The molecule has 1 nitrogen and oxygen atoms in total. The summed E-state index contributed by atoms with van der Waals surface area (Å²) in [4.78, 5) is 1.38. The van der Waals surface area contributed by atoms with Gasteiger partial charge in [0.15, 0.2) is 0 Å². The van der Waals surface area contributed by atoms with E-state index in [9.17, 15) is 0 Å². The number of alkyl halides is 1. The van der Waals surface area contributed by atoms with Gasteiger partial charge in [-0.1, -0.05) is 12.8 Å². The molecule has 0 spiro atoms. The molecule has 4 heteroatoms. The van der Waals surface area contributed by atoms with E-state index < -0.39 is 0 Å². The number of halogens is 2. The van der Waals surface area contributed by atoms with Crippen molar-refractivity contribution in [1.29, 1.82) is 0 Å². The quantitative estimate of drug-likeness (QED) is 0.792. The van der Waals surface area contributed by atoms with Crippen molar-refractivity contribution in [1.82, 2.24) is 5.32 Å². The van der Waals surface area contributed by atoms with E-state index in [1.165, 1.54) is 35.0 Å². The van der Waals surface area contributed by atoms with E-state index in [-0.39, 0.29) is 0 Å². The Morgan fingerprint density at radius 1 is 1.44 bits per heavy atom. The zero-order chi connectivity index (χ0) is 11.4. The van der Waals surface area contributed by atoms with Crippen LogP contribution in [0.2, 0.25) is 0 Å². The van der Waals surface area contributed by atoms with Gasteiger partial charge in [-0.3, -0.25) is 0 Å². The first-order valence-electron chi connectivity index (χ1n) is 5.74. The predicted molar refractivity (Wildman–Crippen MR) is 75.3 cm³/mol. The summed E-state index contributed by atoms with van der Waals surface area (Å²) in [5.41, 5.74) is 0.371. The van der Waals surface area contributed by atoms with Crippen LogP contribution >= 0.6 is 38.9 Å². The second-order valence-electron chi connectivity index (χ2n) is 4.68. The minimum absolute atomic E-state index is 0.371. The van der Waals surface area contributed by atoms with Crippen LogP contribution in [-0.2, 0) is 6.54 Å².